The summed E-state index contributed by atoms with van der Waals surface area (Å²) in [5.74, 6) is 0.703. The van der Waals surface area contributed by atoms with Gasteiger partial charge in [-0.2, -0.15) is 5.10 Å². The van der Waals surface area contributed by atoms with Crippen LogP contribution in [0.2, 0.25) is 0 Å². The SMILES string of the molecule is CC(C)(C)c1[nH]ncc1CNCC1CCN(c2cccc(Br)c2)C1. The average molecular weight is 391 g/mol. The Morgan fingerprint density at radius 2 is 2.21 bits per heavy atom. The first-order chi connectivity index (χ1) is 11.4. The molecule has 1 aliphatic rings. The largest absolute Gasteiger partial charge is 0.371 e. The van der Waals surface area contributed by atoms with Crippen LogP contribution in [0.3, 0.4) is 0 Å². The van der Waals surface area contributed by atoms with Crippen molar-refractivity contribution in [3.05, 3.63) is 46.2 Å². The highest BCUT2D eigenvalue weighted by Crippen LogP contribution is 2.26. The van der Waals surface area contributed by atoms with E-state index in [0.717, 1.165) is 30.7 Å². The van der Waals surface area contributed by atoms with E-state index >= 15 is 0 Å². The maximum absolute atomic E-state index is 4.22. The second-order valence-electron chi connectivity index (χ2n) is 7.73. The van der Waals surface area contributed by atoms with Crippen molar-refractivity contribution in [2.45, 2.75) is 39.2 Å². The number of anilines is 1. The number of nitrogens with one attached hydrogen (secondary N) is 2. The van der Waals surface area contributed by atoms with Gasteiger partial charge in [0, 0.05) is 53.0 Å². The van der Waals surface area contributed by atoms with Crippen LogP contribution < -0.4 is 10.2 Å². The molecular weight excluding hydrogens is 364 g/mol. The van der Waals surface area contributed by atoms with Gasteiger partial charge in [0.25, 0.3) is 0 Å². The van der Waals surface area contributed by atoms with Crippen molar-refractivity contribution in [2.24, 2.45) is 5.92 Å². The molecule has 0 amide bonds. The lowest BCUT2D eigenvalue weighted by molar-refractivity contribution is 0.508. The van der Waals surface area contributed by atoms with Gasteiger partial charge >= 0.3 is 0 Å². The molecule has 1 aromatic heterocycles. The molecule has 130 valence electrons. The Hall–Kier alpha value is -1.33. The van der Waals surface area contributed by atoms with E-state index in [1.54, 1.807) is 0 Å². The summed E-state index contributed by atoms with van der Waals surface area (Å²) < 4.78 is 1.15. The van der Waals surface area contributed by atoms with Crippen LogP contribution in [0, 0.1) is 5.92 Å². The Labute approximate surface area is 153 Å². The zero-order valence-electron chi connectivity index (χ0n) is 14.8. The number of hydrogen-bond donors (Lipinski definition) is 2. The monoisotopic (exact) mass is 390 g/mol. The molecule has 0 saturated carbocycles. The van der Waals surface area contributed by atoms with Gasteiger partial charge in [0.2, 0.25) is 0 Å². The molecule has 2 heterocycles. The van der Waals surface area contributed by atoms with Crippen LogP contribution in [-0.4, -0.2) is 29.8 Å². The average Bonchev–Trinajstić information content (AvgIpc) is 3.16. The molecule has 0 aliphatic carbocycles. The Morgan fingerprint density at radius 3 is 2.96 bits per heavy atom. The van der Waals surface area contributed by atoms with Crippen LogP contribution in [0.5, 0.6) is 0 Å². The minimum absolute atomic E-state index is 0.109. The fourth-order valence-corrected chi connectivity index (χ4v) is 3.80. The highest BCUT2D eigenvalue weighted by atomic mass is 79.9. The van der Waals surface area contributed by atoms with Crippen LogP contribution >= 0.6 is 15.9 Å². The number of hydrogen-bond acceptors (Lipinski definition) is 3. The highest BCUT2D eigenvalue weighted by Gasteiger charge is 2.23. The third kappa shape index (κ3) is 4.19. The summed E-state index contributed by atoms with van der Waals surface area (Å²) in [5, 5.41) is 11.0. The summed E-state index contributed by atoms with van der Waals surface area (Å²) in [7, 11) is 0. The van der Waals surface area contributed by atoms with Crippen molar-refractivity contribution in [1.29, 1.82) is 0 Å². The van der Waals surface area contributed by atoms with Crippen molar-refractivity contribution in [2.75, 3.05) is 24.5 Å². The van der Waals surface area contributed by atoms with E-state index in [0.29, 0.717) is 5.92 Å². The quantitative estimate of drug-likeness (QED) is 0.807. The molecule has 1 fully saturated rings. The molecule has 4 nitrogen and oxygen atoms in total. The van der Waals surface area contributed by atoms with Gasteiger partial charge in [-0.05, 0) is 30.5 Å². The van der Waals surface area contributed by atoms with Crippen LogP contribution in [-0.2, 0) is 12.0 Å². The second-order valence-corrected chi connectivity index (χ2v) is 8.65. The normalized spacial score (nSPS) is 18.3. The van der Waals surface area contributed by atoms with Gasteiger partial charge in [0.15, 0.2) is 0 Å². The van der Waals surface area contributed by atoms with Gasteiger partial charge < -0.3 is 10.2 Å². The Balaban J connectivity index is 1.50. The molecule has 1 saturated heterocycles. The number of benzene rings is 1. The summed E-state index contributed by atoms with van der Waals surface area (Å²) in [6.45, 7) is 10.9. The molecule has 24 heavy (non-hydrogen) atoms. The molecule has 2 N–H and O–H groups in total. The predicted molar refractivity (Wildman–Crippen MR) is 103 cm³/mol. The van der Waals surface area contributed by atoms with Gasteiger partial charge in [-0.25, -0.2) is 0 Å². The molecule has 5 heteroatoms. The van der Waals surface area contributed by atoms with E-state index in [1.165, 1.54) is 23.4 Å². The highest BCUT2D eigenvalue weighted by molar-refractivity contribution is 9.10. The first-order valence-electron chi connectivity index (χ1n) is 8.67. The number of rotatable bonds is 5. The zero-order valence-corrected chi connectivity index (χ0v) is 16.4. The maximum atomic E-state index is 4.22. The minimum atomic E-state index is 0.109. The van der Waals surface area contributed by atoms with E-state index in [4.69, 9.17) is 0 Å². The lowest BCUT2D eigenvalue weighted by Crippen LogP contribution is -2.27. The molecule has 1 aliphatic heterocycles. The van der Waals surface area contributed by atoms with Crippen molar-refractivity contribution >= 4 is 21.6 Å². The molecule has 0 bridgehead atoms. The first kappa shape index (κ1) is 17.5. The Kier molecular flexibility index (Phi) is 5.30. The number of aromatic nitrogens is 2. The zero-order chi connectivity index (χ0) is 17.2. The van der Waals surface area contributed by atoms with Gasteiger partial charge in [0.05, 0.1) is 6.20 Å². The summed E-state index contributed by atoms with van der Waals surface area (Å²) in [5.41, 5.74) is 3.94. The van der Waals surface area contributed by atoms with Crippen molar-refractivity contribution in [3.8, 4) is 0 Å². The number of aromatic amines is 1. The van der Waals surface area contributed by atoms with E-state index in [2.05, 4.69) is 81.4 Å². The van der Waals surface area contributed by atoms with Gasteiger partial charge in [-0.3, -0.25) is 5.10 Å². The lowest BCUT2D eigenvalue weighted by atomic mass is 9.89. The molecule has 2 aromatic rings. The predicted octanol–water partition coefficient (Wildman–Crippen LogP) is 4.09. The summed E-state index contributed by atoms with van der Waals surface area (Å²) in [4.78, 5) is 2.48. The summed E-state index contributed by atoms with van der Waals surface area (Å²) in [6, 6.07) is 8.59. The third-order valence-corrected chi connectivity index (χ3v) is 5.17. The number of nitrogens with zero attached hydrogens (tertiary/aromatic N) is 2. The van der Waals surface area contributed by atoms with Crippen LogP contribution in [0.4, 0.5) is 5.69 Å². The molecule has 1 atom stereocenters. The molecule has 1 aromatic carbocycles. The van der Waals surface area contributed by atoms with Gasteiger partial charge in [-0.15, -0.1) is 0 Å². The van der Waals surface area contributed by atoms with Crippen LogP contribution in [0.15, 0.2) is 34.9 Å². The van der Waals surface area contributed by atoms with E-state index < -0.39 is 0 Å². The van der Waals surface area contributed by atoms with E-state index in [-0.39, 0.29) is 5.41 Å². The number of halogens is 1. The van der Waals surface area contributed by atoms with Crippen molar-refractivity contribution in [1.82, 2.24) is 15.5 Å². The molecule has 0 radical (unpaired) electrons. The topological polar surface area (TPSA) is 44.0 Å². The van der Waals surface area contributed by atoms with Crippen LogP contribution in [0.25, 0.3) is 0 Å². The van der Waals surface area contributed by atoms with Crippen molar-refractivity contribution in [3.63, 3.8) is 0 Å². The van der Waals surface area contributed by atoms with Crippen LogP contribution in [0.1, 0.15) is 38.4 Å². The van der Waals surface area contributed by atoms with Gasteiger partial charge in [-0.1, -0.05) is 42.8 Å². The Morgan fingerprint density at radius 1 is 1.38 bits per heavy atom. The minimum Gasteiger partial charge on any atom is -0.371 e. The van der Waals surface area contributed by atoms with Gasteiger partial charge in [0.1, 0.15) is 0 Å². The number of H-pyrrole nitrogens is 1. The smallest absolute Gasteiger partial charge is 0.0535 e. The molecule has 3 rings (SSSR count). The molecule has 0 spiro atoms. The van der Waals surface area contributed by atoms with E-state index in [1.807, 2.05) is 6.20 Å². The third-order valence-electron chi connectivity index (χ3n) is 4.68. The molecular formula is C19H27BrN4. The van der Waals surface area contributed by atoms with E-state index in [9.17, 15) is 0 Å². The Bertz CT molecular complexity index is 674. The van der Waals surface area contributed by atoms with Crippen molar-refractivity contribution < 1.29 is 0 Å². The summed E-state index contributed by atoms with van der Waals surface area (Å²) >= 11 is 3.56. The maximum Gasteiger partial charge on any atom is 0.0535 e. The fourth-order valence-electron chi connectivity index (χ4n) is 3.41. The first-order valence-corrected chi connectivity index (χ1v) is 9.47. The fraction of sp³-hybridized carbons (Fsp3) is 0.526. The molecule has 1 unspecified atom stereocenters. The second kappa shape index (κ2) is 7.28. The summed E-state index contributed by atoms with van der Waals surface area (Å²) in [6.07, 6.45) is 3.20. The lowest BCUT2D eigenvalue weighted by Gasteiger charge is -2.20. The standard InChI is InChI=1S/C19H27BrN4/c1-19(2,3)18-15(12-22-23-18)11-21-10-14-7-8-24(13-14)17-6-4-5-16(20)9-17/h4-6,9,12,14,21H,7-8,10-11,13H2,1-3H3,(H,22,23).